The highest BCUT2D eigenvalue weighted by atomic mass is 79.9. The number of carbonyl (C=O) groups is 1. The molecule has 1 unspecified atom stereocenters. The number of carbonyl (C=O) groups excluding carboxylic acids is 1. The lowest BCUT2D eigenvalue weighted by Crippen LogP contribution is -2.24. The van der Waals surface area contributed by atoms with Crippen LogP contribution >= 0.6 is 15.9 Å². The Morgan fingerprint density at radius 3 is 2.38 bits per heavy atom. The van der Waals surface area contributed by atoms with Gasteiger partial charge in [0.05, 0.1) is 0 Å². The van der Waals surface area contributed by atoms with E-state index >= 15 is 0 Å². The molecule has 0 radical (unpaired) electrons. The van der Waals surface area contributed by atoms with Crippen LogP contribution in [0, 0.1) is 13.8 Å². The monoisotopic (exact) mass is 382 g/mol. The Kier molecular flexibility index (Phi) is 4.72. The number of hydrogen-bond donors (Lipinski definition) is 0. The first kappa shape index (κ1) is 16.7. The first-order chi connectivity index (χ1) is 11.4. The number of halogens is 1. The van der Waals surface area contributed by atoms with Gasteiger partial charge in [0, 0.05) is 10.0 Å². The number of rotatable bonds is 4. The summed E-state index contributed by atoms with van der Waals surface area (Å²) in [4.78, 5) is 12.6. The molecule has 0 N–H and O–H groups in total. The van der Waals surface area contributed by atoms with Gasteiger partial charge in [-0.25, -0.2) is 0 Å². The van der Waals surface area contributed by atoms with Crippen LogP contribution < -0.4 is 4.74 Å². The Bertz CT molecular complexity index is 915. The molecule has 3 heteroatoms. The van der Waals surface area contributed by atoms with Crippen LogP contribution in [-0.2, 0) is 0 Å². The van der Waals surface area contributed by atoms with Crippen molar-refractivity contribution >= 4 is 32.5 Å². The van der Waals surface area contributed by atoms with Crippen molar-refractivity contribution in [3.05, 3.63) is 75.8 Å². The largest absolute Gasteiger partial charge is 0.483 e. The fraction of sp³-hybridized carbons (Fsp3) is 0.190. The van der Waals surface area contributed by atoms with Crippen molar-refractivity contribution in [3.8, 4) is 5.75 Å². The topological polar surface area (TPSA) is 26.3 Å². The first-order valence-electron chi connectivity index (χ1n) is 7.91. The number of ketones is 1. The Morgan fingerprint density at radius 2 is 1.62 bits per heavy atom. The molecule has 3 aromatic carbocycles. The van der Waals surface area contributed by atoms with Gasteiger partial charge < -0.3 is 4.74 Å². The molecule has 3 rings (SSSR count). The maximum absolute atomic E-state index is 12.6. The number of ether oxygens (including phenoxy) is 1. The Morgan fingerprint density at radius 1 is 0.917 bits per heavy atom. The lowest BCUT2D eigenvalue weighted by molar-refractivity contribution is 0.0818. The Hall–Kier alpha value is -2.13. The van der Waals surface area contributed by atoms with E-state index in [0.717, 1.165) is 20.8 Å². The van der Waals surface area contributed by atoms with Gasteiger partial charge >= 0.3 is 0 Å². The molecule has 3 aromatic rings. The second-order valence-electron chi connectivity index (χ2n) is 6.08. The second kappa shape index (κ2) is 6.78. The summed E-state index contributed by atoms with van der Waals surface area (Å²) in [5.74, 6) is 0.698. The van der Waals surface area contributed by atoms with Crippen LogP contribution in [0.4, 0.5) is 0 Å². The molecule has 0 saturated heterocycles. The fourth-order valence-electron chi connectivity index (χ4n) is 2.66. The van der Waals surface area contributed by atoms with Crippen molar-refractivity contribution < 1.29 is 9.53 Å². The summed E-state index contributed by atoms with van der Waals surface area (Å²) in [7, 11) is 0. The van der Waals surface area contributed by atoms with Crippen molar-refractivity contribution in [2.75, 3.05) is 0 Å². The highest BCUT2D eigenvalue weighted by molar-refractivity contribution is 9.10. The molecule has 0 aliphatic heterocycles. The molecule has 0 heterocycles. The zero-order valence-corrected chi connectivity index (χ0v) is 15.6. The molecule has 122 valence electrons. The third-order valence-corrected chi connectivity index (χ3v) is 4.74. The van der Waals surface area contributed by atoms with Crippen LogP contribution in [0.25, 0.3) is 10.8 Å². The minimum Gasteiger partial charge on any atom is -0.483 e. The van der Waals surface area contributed by atoms with Crippen molar-refractivity contribution in [2.24, 2.45) is 0 Å². The zero-order valence-electron chi connectivity index (χ0n) is 14.0. The molecule has 0 aliphatic carbocycles. The van der Waals surface area contributed by atoms with Crippen molar-refractivity contribution in [2.45, 2.75) is 26.9 Å². The number of aryl methyl sites for hydroxylation is 2. The third kappa shape index (κ3) is 3.51. The summed E-state index contributed by atoms with van der Waals surface area (Å²) in [5.41, 5.74) is 2.99. The van der Waals surface area contributed by atoms with E-state index in [0.29, 0.717) is 11.3 Å². The van der Waals surface area contributed by atoms with Crippen LogP contribution in [0.15, 0.2) is 59.1 Å². The fourth-order valence-corrected chi connectivity index (χ4v) is 3.03. The standard InChI is InChI=1S/C21H19BrO2/c1-13-4-5-18(10-14(13)2)21(23)15(3)24-20-9-7-16-11-19(22)8-6-17(16)12-20/h4-12,15H,1-3H3. The van der Waals surface area contributed by atoms with E-state index in [-0.39, 0.29) is 5.78 Å². The van der Waals surface area contributed by atoms with Crippen molar-refractivity contribution in [1.29, 1.82) is 0 Å². The van der Waals surface area contributed by atoms with Gasteiger partial charge in [-0.3, -0.25) is 4.79 Å². The van der Waals surface area contributed by atoms with Gasteiger partial charge in [0.2, 0.25) is 5.78 Å². The van der Waals surface area contributed by atoms with Gasteiger partial charge in [0.25, 0.3) is 0 Å². The molecule has 24 heavy (non-hydrogen) atoms. The smallest absolute Gasteiger partial charge is 0.203 e. The maximum atomic E-state index is 12.6. The van der Waals surface area contributed by atoms with Crippen LogP contribution in [0.5, 0.6) is 5.75 Å². The van der Waals surface area contributed by atoms with Crippen LogP contribution in [0.2, 0.25) is 0 Å². The average Bonchev–Trinajstić information content (AvgIpc) is 2.56. The number of benzene rings is 3. The van der Waals surface area contributed by atoms with Gasteiger partial charge in [0.15, 0.2) is 6.10 Å². The molecule has 0 saturated carbocycles. The average molecular weight is 383 g/mol. The van der Waals surface area contributed by atoms with Gasteiger partial charge in [-0.1, -0.05) is 40.2 Å². The lowest BCUT2D eigenvalue weighted by atomic mass is 10.0. The summed E-state index contributed by atoms with van der Waals surface area (Å²) in [6.07, 6.45) is -0.528. The Labute approximate surface area is 150 Å². The third-order valence-electron chi connectivity index (χ3n) is 4.25. The summed E-state index contributed by atoms with van der Waals surface area (Å²) in [6, 6.07) is 17.7. The second-order valence-corrected chi connectivity index (χ2v) is 6.99. The predicted octanol–water partition coefficient (Wildman–Crippen LogP) is 5.87. The highest BCUT2D eigenvalue weighted by Crippen LogP contribution is 2.25. The molecule has 0 bridgehead atoms. The molecule has 0 spiro atoms. The summed E-state index contributed by atoms with van der Waals surface area (Å²) in [6.45, 7) is 5.85. The van der Waals surface area contributed by atoms with Gasteiger partial charge in [-0.2, -0.15) is 0 Å². The van der Waals surface area contributed by atoms with Gasteiger partial charge in [-0.15, -0.1) is 0 Å². The van der Waals surface area contributed by atoms with Gasteiger partial charge in [-0.05, 0) is 73.0 Å². The van der Waals surface area contributed by atoms with Crippen LogP contribution in [0.1, 0.15) is 28.4 Å². The lowest BCUT2D eigenvalue weighted by Gasteiger charge is -2.15. The zero-order chi connectivity index (χ0) is 17.3. The molecule has 1 atom stereocenters. The van der Waals surface area contributed by atoms with E-state index < -0.39 is 6.10 Å². The quantitative estimate of drug-likeness (QED) is 0.527. The van der Waals surface area contributed by atoms with Crippen LogP contribution in [-0.4, -0.2) is 11.9 Å². The predicted molar refractivity (Wildman–Crippen MR) is 102 cm³/mol. The highest BCUT2D eigenvalue weighted by Gasteiger charge is 2.17. The Balaban J connectivity index is 1.80. The summed E-state index contributed by atoms with van der Waals surface area (Å²) < 4.78 is 6.92. The molecular weight excluding hydrogens is 364 g/mol. The maximum Gasteiger partial charge on any atom is 0.203 e. The molecule has 0 aliphatic rings. The van der Waals surface area contributed by atoms with Gasteiger partial charge in [0.1, 0.15) is 5.75 Å². The van der Waals surface area contributed by atoms with E-state index in [1.54, 1.807) is 6.92 Å². The number of fused-ring (bicyclic) bond motifs is 1. The normalized spacial score (nSPS) is 12.2. The minimum atomic E-state index is -0.528. The number of Topliss-reactive ketones (excluding diaryl/α,β-unsaturated/α-hetero) is 1. The molecule has 0 fully saturated rings. The van der Waals surface area contributed by atoms with E-state index in [9.17, 15) is 4.79 Å². The van der Waals surface area contributed by atoms with E-state index in [1.165, 1.54) is 5.56 Å². The summed E-state index contributed by atoms with van der Waals surface area (Å²) >= 11 is 3.47. The number of hydrogen-bond acceptors (Lipinski definition) is 2. The van der Waals surface area contributed by atoms with E-state index in [1.807, 2.05) is 62.4 Å². The molecule has 0 aromatic heterocycles. The molecule has 0 amide bonds. The first-order valence-corrected chi connectivity index (χ1v) is 8.71. The SMILES string of the molecule is Cc1ccc(C(=O)C(C)Oc2ccc3cc(Br)ccc3c2)cc1C. The molecular formula is C21H19BrO2. The van der Waals surface area contributed by atoms with E-state index in [2.05, 4.69) is 22.0 Å². The molecule has 2 nitrogen and oxygen atoms in total. The summed E-state index contributed by atoms with van der Waals surface area (Å²) in [5, 5.41) is 2.21. The van der Waals surface area contributed by atoms with Crippen molar-refractivity contribution in [1.82, 2.24) is 0 Å². The van der Waals surface area contributed by atoms with E-state index in [4.69, 9.17) is 4.74 Å². The minimum absolute atomic E-state index is 0.00555. The van der Waals surface area contributed by atoms with Crippen LogP contribution in [0.3, 0.4) is 0 Å². The van der Waals surface area contributed by atoms with Crippen molar-refractivity contribution in [3.63, 3.8) is 0 Å².